The number of thiazole rings is 1. The van der Waals surface area contributed by atoms with Crippen LogP contribution < -0.4 is 9.54 Å². The zero-order valence-corrected chi connectivity index (χ0v) is 15.6. The van der Waals surface area contributed by atoms with Gasteiger partial charge in [-0.15, -0.1) is 0 Å². The number of hydrogen-bond donors (Lipinski definition) is 0. The molecule has 8 heteroatoms. The lowest BCUT2D eigenvalue weighted by molar-refractivity contribution is -0.140. The Morgan fingerprint density at radius 2 is 1.89 bits per heavy atom. The van der Waals surface area contributed by atoms with Gasteiger partial charge in [0, 0.05) is 18.2 Å². The van der Waals surface area contributed by atoms with E-state index >= 15 is 0 Å². The maximum atomic E-state index is 13.1. The summed E-state index contributed by atoms with van der Waals surface area (Å²) in [7, 11) is 2.89. The van der Waals surface area contributed by atoms with Crippen LogP contribution in [0.25, 0.3) is 10.2 Å². The predicted molar refractivity (Wildman–Crippen MR) is 99.3 cm³/mol. The normalized spacial score (nSPS) is 11.6. The minimum Gasteiger partial charge on any atom is -0.497 e. The van der Waals surface area contributed by atoms with Gasteiger partial charge in [0.15, 0.2) is 4.80 Å². The van der Waals surface area contributed by atoms with E-state index in [2.05, 4.69) is 4.99 Å². The molecule has 1 aromatic heterocycles. The third-order valence-electron chi connectivity index (χ3n) is 3.94. The summed E-state index contributed by atoms with van der Waals surface area (Å²) in [6.07, 6.45) is 0.136. The van der Waals surface area contributed by atoms with Crippen LogP contribution in [0, 0.1) is 5.82 Å². The van der Waals surface area contributed by atoms with Crippen molar-refractivity contribution in [2.24, 2.45) is 4.99 Å². The van der Waals surface area contributed by atoms with Crippen LogP contribution in [0.3, 0.4) is 0 Å². The van der Waals surface area contributed by atoms with Crippen molar-refractivity contribution in [3.63, 3.8) is 0 Å². The van der Waals surface area contributed by atoms with E-state index in [1.165, 1.54) is 42.7 Å². The molecule has 0 aliphatic heterocycles. The first-order valence-electron chi connectivity index (χ1n) is 8.10. The fourth-order valence-electron chi connectivity index (χ4n) is 2.53. The third kappa shape index (κ3) is 4.22. The third-order valence-corrected chi connectivity index (χ3v) is 5.00. The monoisotopic (exact) mass is 388 g/mol. The zero-order chi connectivity index (χ0) is 19.4. The number of methoxy groups -OCH3 is 2. The Morgan fingerprint density at radius 1 is 1.15 bits per heavy atom. The second kappa shape index (κ2) is 8.13. The number of esters is 1. The number of carbonyl (C=O) groups is 2. The van der Waals surface area contributed by atoms with E-state index in [4.69, 9.17) is 9.47 Å². The SMILES string of the molecule is COC(=O)CCn1c(=NC(=O)c2ccc(F)cc2)sc2ccc(OC)cc21. The van der Waals surface area contributed by atoms with Crippen molar-refractivity contribution < 1.29 is 23.5 Å². The summed E-state index contributed by atoms with van der Waals surface area (Å²) in [6, 6.07) is 10.7. The van der Waals surface area contributed by atoms with Crippen LogP contribution in [0.4, 0.5) is 4.39 Å². The van der Waals surface area contributed by atoms with Crippen LogP contribution in [0.15, 0.2) is 47.5 Å². The largest absolute Gasteiger partial charge is 0.497 e. The van der Waals surface area contributed by atoms with Gasteiger partial charge in [-0.25, -0.2) is 4.39 Å². The lowest BCUT2D eigenvalue weighted by Crippen LogP contribution is -2.19. The summed E-state index contributed by atoms with van der Waals surface area (Å²) in [5.41, 5.74) is 1.08. The molecule has 0 saturated heterocycles. The van der Waals surface area contributed by atoms with Gasteiger partial charge in [-0.1, -0.05) is 11.3 Å². The van der Waals surface area contributed by atoms with E-state index in [1.54, 1.807) is 11.7 Å². The van der Waals surface area contributed by atoms with Gasteiger partial charge in [-0.2, -0.15) is 4.99 Å². The van der Waals surface area contributed by atoms with Gasteiger partial charge in [0.25, 0.3) is 5.91 Å². The second-order valence-corrected chi connectivity index (χ2v) is 6.63. The Morgan fingerprint density at radius 3 is 2.56 bits per heavy atom. The lowest BCUT2D eigenvalue weighted by atomic mass is 10.2. The highest BCUT2D eigenvalue weighted by molar-refractivity contribution is 7.16. The Balaban J connectivity index is 2.08. The van der Waals surface area contributed by atoms with Crippen LogP contribution in [-0.4, -0.2) is 30.7 Å². The van der Waals surface area contributed by atoms with Crippen molar-refractivity contribution in [2.45, 2.75) is 13.0 Å². The number of benzene rings is 2. The number of ether oxygens (including phenoxy) is 2. The molecule has 3 rings (SSSR count). The number of nitrogens with zero attached hydrogens (tertiary/aromatic N) is 2. The molecular formula is C19H17FN2O4S. The number of halogens is 1. The van der Waals surface area contributed by atoms with E-state index in [0.29, 0.717) is 17.1 Å². The predicted octanol–water partition coefficient (Wildman–Crippen LogP) is 3.15. The maximum Gasteiger partial charge on any atom is 0.307 e. The summed E-state index contributed by atoms with van der Waals surface area (Å²) >= 11 is 1.32. The molecule has 27 heavy (non-hydrogen) atoms. The van der Waals surface area contributed by atoms with E-state index in [1.807, 2.05) is 18.2 Å². The first kappa shape index (κ1) is 18.8. The topological polar surface area (TPSA) is 69.9 Å². The molecule has 0 spiro atoms. The molecule has 0 N–H and O–H groups in total. The molecule has 0 atom stereocenters. The smallest absolute Gasteiger partial charge is 0.307 e. The molecule has 1 amide bonds. The van der Waals surface area contributed by atoms with Gasteiger partial charge in [0.2, 0.25) is 0 Å². The highest BCUT2D eigenvalue weighted by Crippen LogP contribution is 2.23. The first-order valence-corrected chi connectivity index (χ1v) is 8.92. The quantitative estimate of drug-likeness (QED) is 0.630. The maximum absolute atomic E-state index is 13.1. The number of carbonyl (C=O) groups excluding carboxylic acids is 2. The average Bonchev–Trinajstić information content (AvgIpc) is 3.02. The molecule has 0 unspecified atom stereocenters. The highest BCUT2D eigenvalue weighted by Gasteiger charge is 2.12. The molecule has 2 aromatic carbocycles. The van der Waals surface area contributed by atoms with Crippen LogP contribution in [0.1, 0.15) is 16.8 Å². The van der Waals surface area contributed by atoms with Crippen LogP contribution in [0.5, 0.6) is 5.75 Å². The standard InChI is InChI=1S/C19H17FN2O4S/c1-25-14-7-8-16-15(11-14)22(10-9-17(23)26-2)19(27-16)21-18(24)12-3-5-13(20)6-4-12/h3-8,11H,9-10H2,1-2H3. The fourth-order valence-corrected chi connectivity index (χ4v) is 3.56. The summed E-state index contributed by atoms with van der Waals surface area (Å²) in [4.78, 5) is 28.6. The first-order chi connectivity index (χ1) is 13.0. The van der Waals surface area contributed by atoms with Crippen LogP contribution >= 0.6 is 11.3 Å². The Labute approximate surface area is 158 Å². The van der Waals surface area contributed by atoms with Crippen molar-refractivity contribution in [1.82, 2.24) is 4.57 Å². The molecule has 140 valence electrons. The second-order valence-electron chi connectivity index (χ2n) is 5.62. The van der Waals surface area contributed by atoms with Gasteiger partial charge in [-0.05, 0) is 36.4 Å². The van der Waals surface area contributed by atoms with Crippen LogP contribution in [0.2, 0.25) is 0 Å². The average molecular weight is 388 g/mol. The van der Waals surface area contributed by atoms with Gasteiger partial charge in [0.05, 0.1) is 30.9 Å². The number of aryl methyl sites for hydroxylation is 1. The van der Waals surface area contributed by atoms with Crippen molar-refractivity contribution >= 4 is 33.4 Å². The summed E-state index contributed by atoms with van der Waals surface area (Å²) < 4.78 is 25.7. The van der Waals surface area contributed by atoms with Crippen molar-refractivity contribution in [3.8, 4) is 5.75 Å². The van der Waals surface area contributed by atoms with Crippen molar-refractivity contribution in [1.29, 1.82) is 0 Å². The molecule has 1 heterocycles. The molecule has 0 fully saturated rings. The summed E-state index contributed by atoms with van der Waals surface area (Å²) in [6.45, 7) is 0.301. The summed E-state index contributed by atoms with van der Waals surface area (Å²) in [5, 5.41) is 0. The number of amides is 1. The van der Waals surface area contributed by atoms with E-state index in [-0.39, 0.29) is 18.0 Å². The Bertz CT molecular complexity index is 1050. The minimum atomic E-state index is -0.486. The zero-order valence-electron chi connectivity index (χ0n) is 14.8. The molecule has 0 bridgehead atoms. The van der Waals surface area contributed by atoms with E-state index < -0.39 is 11.7 Å². The van der Waals surface area contributed by atoms with Gasteiger partial charge >= 0.3 is 5.97 Å². The van der Waals surface area contributed by atoms with Crippen molar-refractivity contribution in [2.75, 3.05) is 14.2 Å². The van der Waals surface area contributed by atoms with Gasteiger partial charge in [-0.3, -0.25) is 9.59 Å². The lowest BCUT2D eigenvalue weighted by Gasteiger charge is -2.06. The molecule has 0 aliphatic carbocycles. The van der Waals surface area contributed by atoms with E-state index in [9.17, 15) is 14.0 Å². The highest BCUT2D eigenvalue weighted by atomic mass is 32.1. The number of rotatable bonds is 5. The molecule has 3 aromatic rings. The van der Waals surface area contributed by atoms with Gasteiger partial charge < -0.3 is 14.0 Å². The van der Waals surface area contributed by atoms with Gasteiger partial charge in [0.1, 0.15) is 11.6 Å². The van der Waals surface area contributed by atoms with Crippen molar-refractivity contribution in [3.05, 3.63) is 58.6 Å². The Kier molecular flexibility index (Phi) is 5.66. The Hall–Kier alpha value is -3.00. The number of hydrogen-bond acceptors (Lipinski definition) is 5. The number of fused-ring (bicyclic) bond motifs is 1. The molecule has 0 aliphatic rings. The molecule has 0 radical (unpaired) electrons. The number of aromatic nitrogens is 1. The fraction of sp³-hybridized carbons (Fsp3) is 0.211. The molecular weight excluding hydrogens is 371 g/mol. The minimum absolute atomic E-state index is 0.136. The molecule has 0 saturated carbocycles. The summed E-state index contributed by atoms with van der Waals surface area (Å²) in [5.74, 6) is -0.613. The van der Waals surface area contributed by atoms with E-state index in [0.717, 1.165) is 10.2 Å². The molecule has 6 nitrogen and oxygen atoms in total. The van der Waals surface area contributed by atoms with Crippen LogP contribution in [-0.2, 0) is 16.1 Å².